The van der Waals surface area contributed by atoms with Gasteiger partial charge in [-0.2, -0.15) is 13.2 Å². The van der Waals surface area contributed by atoms with Crippen LogP contribution in [0.15, 0.2) is 47.4 Å². The van der Waals surface area contributed by atoms with Crippen molar-refractivity contribution in [1.82, 2.24) is 9.47 Å². The fourth-order valence-corrected chi connectivity index (χ4v) is 5.49. The highest BCUT2D eigenvalue weighted by Gasteiger charge is 2.30. The number of alkyl halides is 3. The summed E-state index contributed by atoms with van der Waals surface area (Å²) in [4.78, 5) is 14.1. The van der Waals surface area contributed by atoms with Crippen molar-refractivity contribution in [2.24, 2.45) is 11.1 Å². The van der Waals surface area contributed by atoms with Gasteiger partial charge in [0.25, 0.3) is 0 Å². The van der Waals surface area contributed by atoms with Crippen LogP contribution < -0.4 is 20.5 Å². The Balaban J connectivity index is 1.55. The summed E-state index contributed by atoms with van der Waals surface area (Å²) in [7, 11) is -2.55. The number of amides is 1. The monoisotopic (exact) mass is 605 g/mol. The number of piperidine rings is 1. The number of likely N-dealkylation sites (tertiary alicyclic amines) is 1. The van der Waals surface area contributed by atoms with E-state index < -0.39 is 22.7 Å². The molecular formula is C29H34F3N5O4S. The number of fused-ring (bicyclic) bond motifs is 1. The van der Waals surface area contributed by atoms with Crippen molar-refractivity contribution in [1.29, 1.82) is 0 Å². The van der Waals surface area contributed by atoms with E-state index in [0.717, 1.165) is 17.4 Å². The van der Waals surface area contributed by atoms with E-state index in [1.165, 1.54) is 25.3 Å². The number of hydrogen-bond acceptors (Lipinski definition) is 6. The average Bonchev–Trinajstić information content (AvgIpc) is 3.27. The first kappa shape index (κ1) is 31.1. The number of nitrogens with one attached hydrogen (secondary N) is 2. The van der Waals surface area contributed by atoms with E-state index in [2.05, 4.69) is 22.5 Å². The zero-order valence-corrected chi connectivity index (χ0v) is 24.4. The van der Waals surface area contributed by atoms with Crippen molar-refractivity contribution < 1.29 is 31.1 Å². The maximum absolute atomic E-state index is 13.6. The Hall–Kier alpha value is -3.89. The van der Waals surface area contributed by atoms with Gasteiger partial charge in [-0.3, -0.25) is 4.79 Å². The van der Waals surface area contributed by atoms with Gasteiger partial charge in [0.1, 0.15) is 12.3 Å². The maximum atomic E-state index is 13.6. The molecule has 2 heterocycles. The number of sulfonamides is 1. The fourth-order valence-electron chi connectivity index (χ4n) is 4.96. The van der Waals surface area contributed by atoms with Crippen LogP contribution in [0.1, 0.15) is 32.4 Å². The Morgan fingerprint density at radius 1 is 1.14 bits per heavy atom. The zero-order chi connectivity index (χ0) is 30.7. The Labute approximate surface area is 243 Å². The van der Waals surface area contributed by atoms with Crippen LogP contribution in [0.5, 0.6) is 5.75 Å². The molecule has 1 amide bonds. The molecule has 0 bridgehead atoms. The van der Waals surface area contributed by atoms with Gasteiger partial charge < -0.3 is 24.8 Å². The van der Waals surface area contributed by atoms with Gasteiger partial charge in [0, 0.05) is 42.2 Å². The van der Waals surface area contributed by atoms with Crippen LogP contribution in [0.3, 0.4) is 0 Å². The van der Waals surface area contributed by atoms with E-state index in [1.807, 2.05) is 24.8 Å². The largest absolute Gasteiger partial charge is 0.495 e. The smallest absolute Gasteiger partial charge is 0.406 e. The fraction of sp³-hybridized carbons (Fsp3) is 0.414. The number of nitrogens with two attached hydrogens (primary N) is 1. The van der Waals surface area contributed by atoms with E-state index in [9.17, 15) is 26.4 Å². The normalized spacial score (nSPS) is 14.5. The van der Waals surface area contributed by atoms with Crippen LogP contribution in [0.25, 0.3) is 10.9 Å². The molecule has 0 unspecified atom stereocenters. The number of primary sulfonamides is 1. The minimum atomic E-state index is -4.46. The molecule has 2 aromatic carbocycles. The van der Waals surface area contributed by atoms with Gasteiger partial charge >= 0.3 is 6.18 Å². The summed E-state index contributed by atoms with van der Waals surface area (Å²) in [6.07, 6.45) is -2.99. The first-order chi connectivity index (χ1) is 19.8. The standard InChI is InChI=1S/C29H34F3N5O4S/c1-19(2)28(38)36-14-11-20(12-15-36)35-24-7-4-8-26-23(24)16-21(37(26)18-29(30,31)32)6-5-13-34-25-10-9-22(42(33,39)40)17-27(25)41-3/h4,7-10,16-17,19-20,34-35H,11-15,18H2,1-3H3,(H2,33,39,40). The molecule has 0 saturated carbocycles. The summed E-state index contributed by atoms with van der Waals surface area (Å²) in [6, 6.07) is 11.0. The lowest BCUT2D eigenvalue weighted by Gasteiger charge is -2.34. The topological polar surface area (TPSA) is 119 Å². The van der Waals surface area contributed by atoms with Crippen molar-refractivity contribution in [3.8, 4) is 17.6 Å². The molecule has 1 aliphatic rings. The molecule has 9 nitrogen and oxygen atoms in total. The molecule has 0 aliphatic carbocycles. The highest BCUT2D eigenvalue weighted by Crippen LogP contribution is 2.32. The molecule has 0 spiro atoms. The molecule has 1 aromatic heterocycles. The van der Waals surface area contributed by atoms with Crippen molar-refractivity contribution in [3.63, 3.8) is 0 Å². The van der Waals surface area contributed by atoms with E-state index in [4.69, 9.17) is 9.88 Å². The molecule has 42 heavy (non-hydrogen) atoms. The van der Waals surface area contributed by atoms with Crippen LogP contribution >= 0.6 is 0 Å². The van der Waals surface area contributed by atoms with E-state index in [-0.39, 0.29) is 40.8 Å². The highest BCUT2D eigenvalue weighted by molar-refractivity contribution is 7.89. The summed E-state index contributed by atoms with van der Waals surface area (Å²) in [6.45, 7) is 3.85. The number of benzene rings is 2. The van der Waals surface area contributed by atoms with Crippen LogP contribution in [0.4, 0.5) is 24.5 Å². The Bertz CT molecular complexity index is 1620. The quantitative estimate of drug-likeness (QED) is 0.328. The molecule has 0 atom stereocenters. The summed E-state index contributed by atoms with van der Waals surface area (Å²) in [5.74, 6) is 5.99. The number of nitrogens with zero attached hydrogens (tertiary/aromatic N) is 2. The average molecular weight is 606 g/mol. The molecule has 13 heteroatoms. The molecule has 1 fully saturated rings. The van der Waals surface area contributed by atoms with E-state index in [1.54, 1.807) is 18.2 Å². The molecule has 3 aromatic rings. The minimum Gasteiger partial charge on any atom is -0.495 e. The van der Waals surface area contributed by atoms with Gasteiger partial charge in [0.15, 0.2) is 0 Å². The number of methoxy groups -OCH3 is 1. The van der Waals surface area contributed by atoms with Crippen LogP contribution in [0.2, 0.25) is 0 Å². The predicted octanol–water partition coefficient (Wildman–Crippen LogP) is 4.38. The van der Waals surface area contributed by atoms with Crippen molar-refractivity contribution in [3.05, 3.63) is 48.2 Å². The number of aromatic nitrogens is 1. The van der Waals surface area contributed by atoms with Crippen molar-refractivity contribution in [2.45, 2.75) is 50.3 Å². The van der Waals surface area contributed by atoms with Crippen molar-refractivity contribution >= 4 is 38.2 Å². The zero-order valence-electron chi connectivity index (χ0n) is 23.6. The van der Waals surface area contributed by atoms with Crippen LogP contribution in [-0.4, -0.2) is 62.8 Å². The second-order valence-electron chi connectivity index (χ2n) is 10.4. The van der Waals surface area contributed by atoms with E-state index in [0.29, 0.717) is 35.4 Å². The Morgan fingerprint density at radius 2 is 1.86 bits per heavy atom. The summed E-state index contributed by atoms with van der Waals surface area (Å²) in [5, 5.41) is 12.3. The van der Waals surface area contributed by atoms with E-state index >= 15 is 0 Å². The third-order valence-electron chi connectivity index (χ3n) is 7.03. The molecule has 4 rings (SSSR count). The number of halogens is 3. The number of anilines is 2. The number of hydrogen-bond donors (Lipinski definition) is 3. The number of rotatable bonds is 8. The second kappa shape index (κ2) is 12.5. The molecule has 0 radical (unpaired) electrons. The van der Waals surface area contributed by atoms with Crippen LogP contribution in [-0.2, 0) is 21.4 Å². The van der Waals surface area contributed by atoms with Gasteiger partial charge in [-0.1, -0.05) is 25.8 Å². The SMILES string of the molecule is COc1cc(S(N)(=O)=O)ccc1NCC#Cc1cc2c(NC3CCN(C(=O)C(C)C)CC3)cccc2n1CC(F)(F)F. The van der Waals surface area contributed by atoms with Crippen molar-refractivity contribution in [2.75, 3.05) is 37.4 Å². The van der Waals surface area contributed by atoms with Gasteiger partial charge in [-0.15, -0.1) is 0 Å². The lowest BCUT2D eigenvalue weighted by Crippen LogP contribution is -2.43. The lowest BCUT2D eigenvalue weighted by molar-refractivity contribution is -0.140. The van der Waals surface area contributed by atoms with Crippen LogP contribution in [0, 0.1) is 17.8 Å². The number of ether oxygens (including phenoxy) is 1. The molecule has 1 saturated heterocycles. The van der Waals surface area contributed by atoms with Gasteiger partial charge in [-0.25, -0.2) is 13.6 Å². The molecular weight excluding hydrogens is 571 g/mol. The lowest BCUT2D eigenvalue weighted by atomic mass is 10.0. The second-order valence-corrected chi connectivity index (χ2v) is 12.0. The van der Waals surface area contributed by atoms with Gasteiger partial charge in [0.2, 0.25) is 15.9 Å². The molecule has 226 valence electrons. The molecule has 1 aliphatic heterocycles. The molecule has 4 N–H and O–H groups in total. The first-order valence-corrected chi connectivity index (χ1v) is 15.0. The van der Waals surface area contributed by atoms with Gasteiger partial charge in [-0.05, 0) is 49.1 Å². The number of carbonyl (C=O) groups excluding carboxylic acids is 1. The number of carbonyl (C=O) groups is 1. The third kappa shape index (κ3) is 7.49. The minimum absolute atomic E-state index is 0.0530. The summed E-state index contributed by atoms with van der Waals surface area (Å²) in [5.41, 5.74) is 1.76. The predicted molar refractivity (Wildman–Crippen MR) is 156 cm³/mol. The summed E-state index contributed by atoms with van der Waals surface area (Å²) >= 11 is 0. The third-order valence-corrected chi connectivity index (χ3v) is 7.94. The highest BCUT2D eigenvalue weighted by atomic mass is 32.2. The summed E-state index contributed by atoms with van der Waals surface area (Å²) < 4.78 is 70.3. The van der Waals surface area contributed by atoms with Gasteiger partial charge in [0.05, 0.1) is 35.4 Å². The maximum Gasteiger partial charge on any atom is 0.406 e. The first-order valence-electron chi connectivity index (χ1n) is 13.4. The Morgan fingerprint density at radius 3 is 2.48 bits per heavy atom. The Kier molecular flexibility index (Phi) is 9.27.